The third kappa shape index (κ3) is 2.76. The van der Waals surface area contributed by atoms with Gasteiger partial charge in [-0.3, -0.25) is 4.98 Å². The van der Waals surface area contributed by atoms with E-state index in [-0.39, 0.29) is 5.54 Å². The standard InChI is InChI=1S/C12H19N3/c1-15(10-12(13)5-2-6-12)9-11-3-7-14-8-4-11/h3-4,7-8H,2,5-6,9-10,13H2,1H3. The average Bonchev–Trinajstić information content (AvgIpc) is 2.16. The van der Waals surface area contributed by atoms with Crippen LogP contribution in [0.4, 0.5) is 0 Å². The second-order valence-corrected chi connectivity index (χ2v) is 4.74. The zero-order valence-corrected chi connectivity index (χ0v) is 9.32. The summed E-state index contributed by atoms with van der Waals surface area (Å²) in [5.41, 5.74) is 7.59. The van der Waals surface area contributed by atoms with Crippen LogP contribution >= 0.6 is 0 Å². The Morgan fingerprint density at radius 2 is 2.07 bits per heavy atom. The zero-order valence-electron chi connectivity index (χ0n) is 9.32. The fraction of sp³-hybridized carbons (Fsp3) is 0.583. The summed E-state index contributed by atoms with van der Waals surface area (Å²) < 4.78 is 0. The van der Waals surface area contributed by atoms with Gasteiger partial charge in [0.15, 0.2) is 0 Å². The molecular formula is C12H19N3. The molecule has 1 aromatic heterocycles. The number of nitrogens with two attached hydrogens (primary N) is 1. The van der Waals surface area contributed by atoms with E-state index in [0.717, 1.165) is 13.1 Å². The summed E-state index contributed by atoms with van der Waals surface area (Å²) in [7, 11) is 2.13. The number of hydrogen-bond donors (Lipinski definition) is 1. The molecule has 0 bridgehead atoms. The minimum absolute atomic E-state index is 0.0851. The summed E-state index contributed by atoms with van der Waals surface area (Å²) in [6, 6.07) is 4.11. The lowest BCUT2D eigenvalue weighted by molar-refractivity contribution is 0.161. The van der Waals surface area contributed by atoms with Crippen LogP contribution in [0.2, 0.25) is 0 Å². The normalized spacial score (nSPS) is 18.9. The van der Waals surface area contributed by atoms with Crippen LogP contribution in [0, 0.1) is 0 Å². The number of nitrogens with zero attached hydrogens (tertiary/aromatic N) is 2. The van der Waals surface area contributed by atoms with E-state index in [2.05, 4.69) is 29.1 Å². The Morgan fingerprint density at radius 3 is 2.60 bits per heavy atom. The van der Waals surface area contributed by atoms with Gasteiger partial charge in [0.2, 0.25) is 0 Å². The summed E-state index contributed by atoms with van der Waals surface area (Å²) in [6.45, 7) is 1.96. The van der Waals surface area contributed by atoms with Crippen molar-refractivity contribution < 1.29 is 0 Å². The molecule has 1 saturated carbocycles. The Labute approximate surface area is 91.3 Å². The quantitative estimate of drug-likeness (QED) is 0.807. The fourth-order valence-corrected chi connectivity index (χ4v) is 2.18. The highest BCUT2D eigenvalue weighted by Gasteiger charge is 2.33. The van der Waals surface area contributed by atoms with Crippen LogP contribution < -0.4 is 5.73 Å². The summed E-state index contributed by atoms with van der Waals surface area (Å²) in [4.78, 5) is 6.31. The van der Waals surface area contributed by atoms with E-state index in [1.165, 1.54) is 24.8 Å². The highest BCUT2D eigenvalue weighted by atomic mass is 15.1. The minimum atomic E-state index is 0.0851. The van der Waals surface area contributed by atoms with Gasteiger partial charge in [0, 0.05) is 31.0 Å². The van der Waals surface area contributed by atoms with E-state index >= 15 is 0 Å². The largest absolute Gasteiger partial charge is 0.324 e. The smallest absolute Gasteiger partial charge is 0.0283 e. The van der Waals surface area contributed by atoms with E-state index in [1.807, 2.05) is 12.4 Å². The summed E-state index contributed by atoms with van der Waals surface area (Å²) >= 11 is 0. The molecule has 0 amide bonds. The van der Waals surface area contributed by atoms with Crippen LogP contribution in [-0.2, 0) is 6.54 Å². The summed E-state index contributed by atoms with van der Waals surface area (Å²) in [5, 5.41) is 0. The summed E-state index contributed by atoms with van der Waals surface area (Å²) in [6.07, 6.45) is 7.32. The van der Waals surface area contributed by atoms with Crippen LogP contribution in [0.5, 0.6) is 0 Å². The van der Waals surface area contributed by atoms with E-state index in [9.17, 15) is 0 Å². The fourth-order valence-electron chi connectivity index (χ4n) is 2.18. The van der Waals surface area contributed by atoms with Gasteiger partial charge >= 0.3 is 0 Å². The zero-order chi connectivity index (χ0) is 10.7. The van der Waals surface area contributed by atoms with Crippen molar-refractivity contribution in [3.05, 3.63) is 30.1 Å². The second kappa shape index (κ2) is 4.29. The molecule has 1 fully saturated rings. The first-order valence-corrected chi connectivity index (χ1v) is 5.54. The van der Waals surface area contributed by atoms with Gasteiger partial charge in [-0.2, -0.15) is 0 Å². The molecule has 0 atom stereocenters. The lowest BCUT2D eigenvalue weighted by Gasteiger charge is -2.41. The molecule has 1 aromatic rings. The average molecular weight is 205 g/mol. The van der Waals surface area contributed by atoms with E-state index in [0.29, 0.717) is 0 Å². The molecule has 0 aliphatic heterocycles. The predicted molar refractivity (Wildman–Crippen MR) is 61.3 cm³/mol. The highest BCUT2D eigenvalue weighted by Crippen LogP contribution is 2.29. The van der Waals surface area contributed by atoms with Gasteiger partial charge < -0.3 is 10.6 Å². The van der Waals surface area contributed by atoms with E-state index < -0.39 is 0 Å². The molecule has 2 N–H and O–H groups in total. The molecule has 3 heteroatoms. The molecule has 1 heterocycles. The molecular weight excluding hydrogens is 186 g/mol. The SMILES string of the molecule is CN(Cc1ccncc1)CC1(N)CCC1. The molecule has 0 unspecified atom stereocenters. The van der Waals surface area contributed by atoms with Gasteiger partial charge in [-0.05, 0) is 44.0 Å². The van der Waals surface area contributed by atoms with Gasteiger partial charge in [-0.25, -0.2) is 0 Å². The molecule has 0 spiro atoms. The van der Waals surface area contributed by atoms with Crippen molar-refractivity contribution in [2.75, 3.05) is 13.6 Å². The van der Waals surface area contributed by atoms with Gasteiger partial charge in [-0.15, -0.1) is 0 Å². The number of pyridine rings is 1. The number of likely N-dealkylation sites (N-methyl/N-ethyl adjacent to an activating group) is 1. The highest BCUT2D eigenvalue weighted by molar-refractivity contribution is 5.09. The molecule has 1 aliphatic rings. The first-order chi connectivity index (χ1) is 7.18. The van der Waals surface area contributed by atoms with Crippen LogP contribution in [0.15, 0.2) is 24.5 Å². The first kappa shape index (κ1) is 10.6. The van der Waals surface area contributed by atoms with Crippen LogP contribution in [-0.4, -0.2) is 29.0 Å². The van der Waals surface area contributed by atoms with Gasteiger partial charge in [0.1, 0.15) is 0 Å². The number of rotatable bonds is 4. The predicted octanol–water partition coefficient (Wildman–Crippen LogP) is 1.39. The topological polar surface area (TPSA) is 42.2 Å². The first-order valence-electron chi connectivity index (χ1n) is 5.54. The molecule has 0 aromatic carbocycles. The van der Waals surface area contributed by atoms with Crippen molar-refractivity contribution in [1.29, 1.82) is 0 Å². The Bertz CT molecular complexity index is 306. The van der Waals surface area contributed by atoms with Gasteiger partial charge in [-0.1, -0.05) is 0 Å². The number of aromatic nitrogens is 1. The molecule has 0 radical (unpaired) electrons. The maximum atomic E-state index is 6.20. The van der Waals surface area contributed by atoms with Crippen LogP contribution in [0.25, 0.3) is 0 Å². The van der Waals surface area contributed by atoms with Crippen molar-refractivity contribution in [2.45, 2.75) is 31.3 Å². The summed E-state index contributed by atoms with van der Waals surface area (Å²) in [5.74, 6) is 0. The van der Waals surface area contributed by atoms with Crippen molar-refractivity contribution in [2.24, 2.45) is 5.73 Å². The monoisotopic (exact) mass is 205 g/mol. The molecule has 0 saturated heterocycles. The minimum Gasteiger partial charge on any atom is -0.324 e. The lowest BCUT2D eigenvalue weighted by Crippen LogP contribution is -2.54. The van der Waals surface area contributed by atoms with Crippen LogP contribution in [0.1, 0.15) is 24.8 Å². The van der Waals surface area contributed by atoms with E-state index in [4.69, 9.17) is 5.73 Å². The molecule has 1 aliphatic carbocycles. The van der Waals surface area contributed by atoms with Crippen molar-refractivity contribution in [3.8, 4) is 0 Å². The number of hydrogen-bond acceptors (Lipinski definition) is 3. The Hall–Kier alpha value is -0.930. The lowest BCUT2D eigenvalue weighted by atomic mass is 9.77. The van der Waals surface area contributed by atoms with Crippen LogP contribution in [0.3, 0.4) is 0 Å². The molecule has 15 heavy (non-hydrogen) atoms. The van der Waals surface area contributed by atoms with Gasteiger partial charge in [0.25, 0.3) is 0 Å². The van der Waals surface area contributed by atoms with Crippen molar-refractivity contribution in [3.63, 3.8) is 0 Å². The van der Waals surface area contributed by atoms with Gasteiger partial charge in [0.05, 0.1) is 0 Å². The Morgan fingerprint density at radius 1 is 1.40 bits per heavy atom. The third-order valence-electron chi connectivity index (χ3n) is 3.14. The maximum absolute atomic E-state index is 6.20. The Kier molecular flexibility index (Phi) is 3.03. The Balaban J connectivity index is 1.84. The molecule has 2 rings (SSSR count). The second-order valence-electron chi connectivity index (χ2n) is 4.74. The molecule has 82 valence electrons. The maximum Gasteiger partial charge on any atom is 0.0283 e. The van der Waals surface area contributed by atoms with Crippen molar-refractivity contribution >= 4 is 0 Å². The molecule has 3 nitrogen and oxygen atoms in total. The van der Waals surface area contributed by atoms with Crippen molar-refractivity contribution in [1.82, 2.24) is 9.88 Å². The van der Waals surface area contributed by atoms with E-state index in [1.54, 1.807) is 0 Å². The third-order valence-corrected chi connectivity index (χ3v) is 3.14.